The molecule has 0 bridgehead atoms. The van der Waals surface area contributed by atoms with E-state index < -0.39 is 12.1 Å². The van der Waals surface area contributed by atoms with Crippen molar-refractivity contribution in [1.82, 2.24) is 0 Å². The van der Waals surface area contributed by atoms with Crippen LogP contribution in [0, 0.1) is 0 Å². The van der Waals surface area contributed by atoms with Crippen molar-refractivity contribution in [2.45, 2.75) is 6.18 Å². The molecular weight excluding hydrogens is 221 g/mol. The Kier molecular flexibility index (Phi) is 3.41. The van der Waals surface area contributed by atoms with Crippen molar-refractivity contribution in [3.63, 3.8) is 0 Å². The third-order valence-electron chi connectivity index (χ3n) is 1.89. The van der Waals surface area contributed by atoms with Gasteiger partial charge in [-0.3, -0.25) is 4.79 Å². The number of amides is 1. The first kappa shape index (κ1) is 12.4. The van der Waals surface area contributed by atoms with Gasteiger partial charge in [-0.1, -0.05) is 12.1 Å². The van der Waals surface area contributed by atoms with Crippen LogP contribution in [0.5, 0.6) is 0 Å². The zero-order valence-electron chi connectivity index (χ0n) is 8.80. The van der Waals surface area contributed by atoms with Crippen LogP contribution in [0.3, 0.4) is 0 Å². The average Bonchev–Trinajstić information content (AvgIpc) is 2.16. The van der Waals surface area contributed by atoms with Crippen molar-refractivity contribution < 1.29 is 18.0 Å². The van der Waals surface area contributed by atoms with Crippen LogP contribution in [0.1, 0.15) is 0 Å². The summed E-state index contributed by atoms with van der Waals surface area (Å²) in [6, 6.07) is 6.27. The molecule has 88 valence electrons. The highest BCUT2D eigenvalue weighted by molar-refractivity contribution is 5.97. The minimum absolute atomic E-state index is 0.134. The van der Waals surface area contributed by atoms with Crippen molar-refractivity contribution in [2.75, 3.05) is 24.3 Å². The molecule has 0 aromatic heterocycles. The molecule has 0 fully saturated rings. The quantitative estimate of drug-likeness (QED) is 0.848. The van der Waals surface area contributed by atoms with Gasteiger partial charge in [-0.15, -0.1) is 0 Å². The molecule has 1 N–H and O–H groups in total. The summed E-state index contributed by atoms with van der Waals surface area (Å²) in [7, 11) is 3.36. The summed E-state index contributed by atoms with van der Waals surface area (Å²) >= 11 is 0. The molecule has 0 radical (unpaired) electrons. The minimum atomic E-state index is -4.88. The molecule has 0 heterocycles. The Hall–Kier alpha value is -1.72. The number of rotatable bonds is 2. The summed E-state index contributed by atoms with van der Waals surface area (Å²) in [6.07, 6.45) is -4.88. The second kappa shape index (κ2) is 4.42. The van der Waals surface area contributed by atoms with E-state index in [1.807, 2.05) is 5.32 Å². The molecule has 16 heavy (non-hydrogen) atoms. The Balaban J connectivity index is 2.94. The molecule has 0 aliphatic carbocycles. The fourth-order valence-corrected chi connectivity index (χ4v) is 1.16. The molecule has 1 rings (SSSR count). The van der Waals surface area contributed by atoms with E-state index in [1.54, 1.807) is 37.2 Å². The van der Waals surface area contributed by atoms with E-state index in [0.29, 0.717) is 5.69 Å². The molecule has 0 saturated carbocycles. The number of anilines is 2. The second-order valence-corrected chi connectivity index (χ2v) is 3.36. The smallest absolute Gasteiger partial charge is 0.376 e. The van der Waals surface area contributed by atoms with Crippen LogP contribution in [0.2, 0.25) is 0 Å². The van der Waals surface area contributed by atoms with E-state index >= 15 is 0 Å². The third-order valence-corrected chi connectivity index (χ3v) is 1.89. The number of benzene rings is 1. The largest absolute Gasteiger partial charge is 0.471 e. The van der Waals surface area contributed by atoms with Gasteiger partial charge in [-0.25, -0.2) is 0 Å². The van der Waals surface area contributed by atoms with Crippen LogP contribution in [-0.2, 0) is 4.79 Å². The van der Waals surface area contributed by atoms with Crippen molar-refractivity contribution >= 4 is 17.3 Å². The Morgan fingerprint density at radius 1 is 1.25 bits per heavy atom. The van der Waals surface area contributed by atoms with E-state index in [2.05, 4.69) is 0 Å². The van der Waals surface area contributed by atoms with Gasteiger partial charge in [0.15, 0.2) is 0 Å². The first-order valence-corrected chi connectivity index (χ1v) is 4.47. The molecule has 0 saturated heterocycles. The number of halogens is 3. The van der Waals surface area contributed by atoms with Crippen LogP contribution >= 0.6 is 0 Å². The first-order valence-electron chi connectivity index (χ1n) is 4.47. The molecule has 1 amide bonds. The topological polar surface area (TPSA) is 32.3 Å². The molecule has 1 aromatic carbocycles. The monoisotopic (exact) mass is 232 g/mol. The molecule has 0 aliphatic heterocycles. The fourth-order valence-electron chi connectivity index (χ4n) is 1.16. The van der Waals surface area contributed by atoms with E-state index in [4.69, 9.17) is 0 Å². The number of para-hydroxylation sites is 2. The van der Waals surface area contributed by atoms with Crippen LogP contribution in [0.4, 0.5) is 24.5 Å². The lowest BCUT2D eigenvalue weighted by Crippen LogP contribution is -2.30. The normalized spacial score (nSPS) is 11.1. The van der Waals surface area contributed by atoms with Crippen molar-refractivity contribution in [2.24, 2.45) is 0 Å². The number of carbonyl (C=O) groups excluding carboxylic acids is 1. The summed E-state index contributed by atoms with van der Waals surface area (Å²) < 4.78 is 36.1. The summed E-state index contributed by atoms with van der Waals surface area (Å²) in [5, 5.41) is 1.83. The van der Waals surface area contributed by atoms with E-state index in [1.165, 1.54) is 6.07 Å². The summed E-state index contributed by atoms with van der Waals surface area (Å²) in [5.74, 6) is -1.97. The summed E-state index contributed by atoms with van der Waals surface area (Å²) in [5.41, 5.74) is 0.648. The first-order chi connectivity index (χ1) is 7.32. The van der Waals surface area contributed by atoms with E-state index in [0.717, 1.165) is 0 Å². The molecular formula is C10H11F3N2O. The van der Waals surface area contributed by atoms with Crippen LogP contribution in [0.25, 0.3) is 0 Å². The second-order valence-electron chi connectivity index (χ2n) is 3.36. The van der Waals surface area contributed by atoms with E-state index in [9.17, 15) is 18.0 Å². The van der Waals surface area contributed by atoms with Gasteiger partial charge in [-0.05, 0) is 12.1 Å². The van der Waals surface area contributed by atoms with Gasteiger partial charge in [0.2, 0.25) is 0 Å². The average molecular weight is 232 g/mol. The number of nitrogens with zero attached hydrogens (tertiary/aromatic N) is 1. The van der Waals surface area contributed by atoms with Gasteiger partial charge in [0.1, 0.15) is 0 Å². The number of hydrogen-bond donors (Lipinski definition) is 1. The SMILES string of the molecule is CN(C)c1ccccc1NC(=O)C(F)(F)F. The maximum Gasteiger partial charge on any atom is 0.471 e. The van der Waals surface area contributed by atoms with Crippen molar-refractivity contribution in [3.8, 4) is 0 Å². The molecule has 0 spiro atoms. The van der Waals surface area contributed by atoms with Gasteiger partial charge in [0, 0.05) is 14.1 Å². The molecule has 0 atom stereocenters. The van der Waals surface area contributed by atoms with Gasteiger partial charge in [-0.2, -0.15) is 13.2 Å². The molecule has 6 heteroatoms. The fraction of sp³-hybridized carbons (Fsp3) is 0.300. The molecule has 1 aromatic rings. The lowest BCUT2D eigenvalue weighted by molar-refractivity contribution is -0.167. The highest BCUT2D eigenvalue weighted by atomic mass is 19.4. The Morgan fingerprint density at radius 2 is 1.81 bits per heavy atom. The van der Waals surface area contributed by atoms with Gasteiger partial charge < -0.3 is 10.2 Å². The lowest BCUT2D eigenvalue weighted by atomic mass is 10.2. The highest BCUT2D eigenvalue weighted by Crippen LogP contribution is 2.25. The van der Waals surface area contributed by atoms with Crippen LogP contribution in [-0.4, -0.2) is 26.2 Å². The van der Waals surface area contributed by atoms with Gasteiger partial charge >= 0.3 is 12.1 Å². The molecule has 0 aliphatic rings. The predicted molar refractivity (Wildman–Crippen MR) is 55.5 cm³/mol. The van der Waals surface area contributed by atoms with Crippen molar-refractivity contribution in [3.05, 3.63) is 24.3 Å². The summed E-state index contributed by atoms with van der Waals surface area (Å²) in [4.78, 5) is 12.4. The van der Waals surface area contributed by atoms with Crippen LogP contribution < -0.4 is 10.2 Å². The molecule has 0 unspecified atom stereocenters. The number of carbonyl (C=O) groups is 1. The third kappa shape index (κ3) is 2.88. The van der Waals surface area contributed by atoms with Gasteiger partial charge in [0.05, 0.1) is 11.4 Å². The Labute approximate surface area is 90.9 Å². The molecule has 3 nitrogen and oxygen atoms in total. The zero-order chi connectivity index (χ0) is 12.3. The minimum Gasteiger partial charge on any atom is -0.376 e. The maximum atomic E-state index is 12.0. The Bertz CT molecular complexity index is 388. The number of alkyl halides is 3. The lowest BCUT2D eigenvalue weighted by Gasteiger charge is -2.18. The predicted octanol–water partition coefficient (Wildman–Crippen LogP) is 2.25. The standard InChI is InChI=1S/C10H11F3N2O/c1-15(2)8-6-4-3-5-7(8)14-9(16)10(11,12)13/h3-6H,1-2H3,(H,14,16). The number of nitrogens with one attached hydrogen (secondary N) is 1. The zero-order valence-corrected chi connectivity index (χ0v) is 8.80. The van der Waals surface area contributed by atoms with Gasteiger partial charge in [0.25, 0.3) is 0 Å². The summed E-state index contributed by atoms with van der Waals surface area (Å²) in [6.45, 7) is 0. The maximum absolute atomic E-state index is 12.0. The highest BCUT2D eigenvalue weighted by Gasteiger charge is 2.38. The number of hydrogen-bond acceptors (Lipinski definition) is 2. The van der Waals surface area contributed by atoms with Crippen LogP contribution in [0.15, 0.2) is 24.3 Å². The van der Waals surface area contributed by atoms with Crippen molar-refractivity contribution in [1.29, 1.82) is 0 Å². The Morgan fingerprint density at radius 3 is 2.31 bits per heavy atom. The van der Waals surface area contributed by atoms with E-state index in [-0.39, 0.29) is 5.69 Å².